The molecular formula is C28H20BrClN2O6S. The van der Waals surface area contributed by atoms with Gasteiger partial charge in [0.15, 0.2) is 16.6 Å². The van der Waals surface area contributed by atoms with Crippen molar-refractivity contribution in [2.75, 3.05) is 12.0 Å². The van der Waals surface area contributed by atoms with Gasteiger partial charge in [0.25, 0.3) is 5.78 Å². The molecule has 11 heteroatoms. The number of amides is 1. The molecule has 6 rings (SSSR count). The minimum atomic E-state index is -1.06. The topological polar surface area (TPSA) is 109 Å². The summed E-state index contributed by atoms with van der Waals surface area (Å²) in [6.45, 7) is 1.95. The van der Waals surface area contributed by atoms with Crippen molar-refractivity contribution in [2.45, 2.75) is 25.5 Å². The van der Waals surface area contributed by atoms with E-state index < -0.39 is 17.7 Å². The lowest BCUT2D eigenvalue weighted by Gasteiger charge is -2.24. The van der Waals surface area contributed by atoms with E-state index >= 15 is 0 Å². The van der Waals surface area contributed by atoms with Gasteiger partial charge in [-0.3, -0.25) is 14.5 Å². The number of benzene rings is 3. The van der Waals surface area contributed by atoms with Gasteiger partial charge >= 0.3 is 5.91 Å². The van der Waals surface area contributed by atoms with Crippen molar-refractivity contribution < 1.29 is 29.3 Å². The summed E-state index contributed by atoms with van der Waals surface area (Å²) in [4.78, 5) is 33.0. The Morgan fingerprint density at radius 1 is 1.21 bits per heavy atom. The highest BCUT2D eigenvalue weighted by molar-refractivity contribution is 9.10. The van der Waals surface area contributed by atoms with Crippen molar-refractivity contribution in [3.05, 3.63) is 80.3 Å². The smallest absolute Gasteiger partial charge is 0.301 e. The number of methoxy groups -OCH3 is 1. The predicted molar refractivity (Wildman–Crippen MR) is 152 cm³/mol. The Morgan fingerprint density at radius 2 is 2.00 bits per heavy atom. The van der Waals surface area contributed by atoms with E-state index in [1.807, 2.05) is 6.92 Å². The van der Waals surface area contributed by atoms with Crippen LogP contribution in [0, 0.1) is 0 Å². The molecule has 8 nitrogen and oxygen atoms in total. The van der Waals surface area contributed by atoms with Crippen molar-refractivity contribution >= 4 is 71.7 Å². The standard InChI is InChI=1S/C28H20BrClN2O6S/c1-12-7-14-8-13(3-6-19(14)38-12)24(33)22-23(15-9-17(29)25(34)20(10-15)37-2)32(27(36)26(22)35)28-31-18-5-4-16(30)11-21(18)39-28/h3-6,8-12,23,33-34H,7H2,1-2H3/b24-22+/t12-,23-/m1/s1. The quantitative estimate of drug-likeness (QED) is 0.154. The lowest BCUT2D eigenvalue weighted by atomic mass is 9.94. The van der Waals surface area contributed by atoms with Gasteiger partial charge in [-0.2, -0.15) is 0 Å². The van der Waals surface area contributed by atoms with Crippen LogP contribution in [0.2, 0.25) is 5.02 Å². The normalized spacial score (nSPS) is 19.9. The van der Waals surface area contributed by atoms with Crippen molar-refractivity contribution in [1.82, 2.24) is 4.98 Å². The maximum absolute atomic E-state index is 13.6. The number of phenols is 1. The second-order valence-electron chi connectivity index (χ2n) is 9.29. The summed E-state index contributed by atoms with van der Waals surface area (Å²) in [6, 6.07) is 12.4. The maximum Gasteiger partial charge on any atom is 0.301 e. The summed E-state index contributed by atoms with van der Waals surface area (Å²) >= 11 is 10.7. The van der Waals surface area contributed by atoms with Crippen LogP contribution in [0.4, 0.5) is 5.13 Å². The third-order valence-electron chi connectivity index (χ3n) is 6.75. The molecule has 3 aromatic carbocycles. The largest absolute Gasteiger partial charge is 0.507 e. The van der Waals surface area contributed by atoms with Crippen molar-refractivity contribution in [2.24, 2.45) is 0 Å². The number of phenolic OH excluding ortho intramolecular Hbond substituents is 1. The lowest BCUT2D eigenvalue weighted by Crippen LogP contribution is -2.29. The zero-order valence-electron chi connectivity index (χ0n) is 20.6. The summed E-state index contributed by atoms with van der Waals surface area (Å²) in [5.74, 6) is -1.31. The number of hydrogen-bond acceptors (Lipinski definition) is 8. The summed E-state index contributed by atoms with van der Waals surface area (Å²) in [5.41, 5.74) is 2.21. The number of aliphatic hydroxyl groups is 1. The molecule has 4 aromatic rings. The average Bonchev–Trinajstić information content (AvgIpc) is 3.57. The number of Topliss-reactive ketones (excluding diaryl/α,β-unsaturated/α-hetero) is 1. The SMILES string of the molecule is COc1cc([C@@H]2/C(=C(\O)c3ccc4c(c3)C[C@@H](C)O4)C(=O)C(=O)N2c2nc3ccc(Cl)cc3s2)cc(Br)c1O. The predicted octanol–water partition coefficient (Wildman–Crippen LogP) is 6.38. The molecule has 1 amide bonds. The van der Waals surface area contributed by atoms with Gasteiger partial charge in [-0.1, -0.05) is 22.9 Å². The van der Waals surface area contributed by atoms with Crippen LogP contribution in [0.5, 0.6) is 17.2 Å². The highest BCUT2D eigenvalue weighted by Crippen LogP contribution is 2.47. The minimum Gasteiger partial charge on any atom is -0.507 e. The summed E-state index contributed by atoms with van der Waals surface area (Å²) in [6.07, 6.45) is 0.655. The van der Waals surface area contributed by atoms with Crippen LogP contribution in [0.3, 0.4) is 0 Å². The fraction of sp³-hybridized carbons (Fsp3) is 0.179. The molecule has 0 aliphatic carbocycles. The van der Waals surface area contributed by atoms with Crippen LogP contribution >= 0.6 is 38.9 Å². The Morgan fingerprint density at radius 3 is 2.77 bits per heavy atom. The van der Waals surface area contributed by atoms with E-state index in [9.17, 15) is 19.8 Å². The molecule has 2 aliphatic rings. The minimum absolute atomic E-state index is 0.00248. The van der Waals surface area contributed by atoms with E-state index in [0.717, 1.165) is 16.0 Å². The average molecular weight is 628 g/mol. The number of aromatic hydroxyl groups is 1. The summed E-state index contributed by atoms with van der Waals surface area (Å²) < 4.78 is 12.1. The number of fused-ring (bicyclic) bond motifs is 2. The molecule has 2 aliphatic heterocycles. The fourth-order valence-electron chi connectivity index (χ4n) is 4.97. The Kier molecular flexibility index (Phi) is 6.28. The molecular weight excluding hydrogens is 608 g/mol. The van der Waals surface area contributed by atoms with E-state index in [1.54, 1.807) is 42.5 Å². The number of ketones is 1. The molecule has 1 fully saturated rings. The van der Waals surface area contributed by atoms with Gasteiger partial charge in [0.05, 0.1) is 33.4 Å². The van der Waals surface area contributed by atoms with Gasteiger partial charge in [-0.05, 0) is 82.5 Å². The van der Waals surface area contributed by atoms with E-state index in [0.29, 0.717) is 32.6 Å². The number of aliphatic hydroxyl groups excluding tert-OH is 1. The molecule has 3 heterocycles. The first kappa shape index (κ1) is 25.7. The first-order valence-electron chi connectivity index (χ1n) is 11.9. The third kappa shape index (κ3) is 4.23. The third-order valence-corrected chi connectivity index (χ3v) is 8.60. The first-order valence-corrected chi connectivity index (χ1v) is 13.9. The Bertz CT molecular complexity index is 1730. The summed E-state index contributed by atoms with van der Waals surface area (Å²) in [5, 5.41) is 22.7. The van der Waals surface area contributed by atoms with Gasteiger partial charge in [0.1, 0.15) is 17.6 Å². The Labute approximate surface area is 240 Å². The van der Waals surface area contributed by atoms with E-state index in [-0.39, 0.29) is 34.1 Å². The van der Waals surface area contributed by atoms with Gasteiger partial charge in [0, 0.05) is 17.0 Å². The zero-order chi connectivity index (χ0) is 27.6. The van der Waals surface area contributed by atoms with Crippen molar-refractivity contribution in [3.63, 3.8) is 0 Å². The maximum atomic E-state index is 13.6. The second-order valence-corrected chi connectivity index (χ2v) is 11.6. The molecule has 0 unspecified atom stereocenters. The van der Waals surface area contributed by atoms with E-state index in [2.05, 4.69) is 20.9 Å². The van der Waals surface area contributed by atoms with E-state index in [1.165, 1.54) is 29.4 Å². The van der Waals surface area contributed by atoms with Gasteiger partial charge in [-0.25, -0.2) is 4.98 Å². The highest BCUT2D eigenvalue weighted by Gasteiger charge is 2.48. The number of halogens is 2. The number of nitrogens with zero attached hydrogens (tertiary/aromatic N) is 2. The molecule has 2 N–H and O–H groups in total. The number of rotatable bonds is 4. The lowest BCUT2D eigenvalue weighted by molar-refractivity contribution is -0.132. The molecule has 39 heavy (non-hydrogen) atoms. The first-order chi connectivity index (χ1) is 18.7. The Hall–Kier alpha value is -3.60. The number of thiazole rings is 1. The molecule has 0 spiro atoms. The Balaban J connectivity index is 1.57. The summed E-state index contributed by atoms with van der Waals surface area (Å²) in [7, 11) is 1.40. The van der Waals surface area contributed by atoms with Gasteiger partial charge < -0.3 is 19.7 Å². The van der Waals surface area contributed by atoms with Crippen LogP contribution in [0.25, 0.3) is 16.0 Å². The molecule has 1 saturated heterocycles. The molecule has 0 saturated carbocycles. The van der Waals surface area contributed by atoms with Crippen LogP contribution in [0.15, 0.2) is 58.6 Å². The number of hydrogen-bond donors (Lipinski definition) is 2. The zero-order valence-corrected chi connectivity index (χ0v) is 23.7. The molecule has 198 valence electrons. The molecule has 2 atom stereocenters. The van der Waals surface area contributed by atoms with Gasteiger partial charge in [0.2, 0.25) is 0 Å². The monoisotopic (exact) mass is 626 g/mol. The number of carbonyl (C=O) groups is 2. The van der Waals surface area contributed by atoms with Crippen LogP contribution in [0.1, 0.15) is 29.7 Å². The fourth-order valence-corrected chi connectivity index (χ4v) is 6.69. The van der Waals surface area contributed by atoms with Crippen molar-refractivity contribution in [1.29, 1.82) is 0 Å². The second kappa shape index (κ2) is 9.55. The van der Waals surface area contributed by atoms with Crippen LogP contribution in [-0.4, -0.2) is 40.1 Å². The number of carbonyl (C=O) groups excluding carboxylic acids is 2. The number of aromatic nitrogens is 1. The van der Waals surface area contributed by atoms with Gasteiger partial charge in [-0.15, -0.1) is 0 Å². The van der Waals surface area contributed by atoms with Crippen LogP contribution in [-0.2, 0) is 16.0 Å². The molecule has 1 aromatic heterocycles. The number of ether oxygens (including phenoxy) is 2. The highest BCUT2D eigenvalue weighted by atomic mass is 79.9. The molecule has 0 radical (unpaired) electrons. The molecule has 0 bridgehead atoms. The number of anilines is 1. The van der Waals surface area contributed by atoms with E-state index in [4.69, 9.17) is 21.1 Å². The van der Waals surface area contributed by atoms with Crippen LogP contribution < -0.4 is 14.4 Å². The van der Waals surface area contributed by atoms with Crippen molar-refractivity contribution in [3.8, 4) is 17.2 Å².